The van der Waals surface area contributed by atoms with Gasteiger partial charge in [-0.3, -0.25) is 4.79 Å². The van der Waals surface area contributed by atoms with E-state index in [-0.39, 0.29) is 42.6 Å². The van der Waals surface area contributed by atoms with Crippen LogP contribution in [0, 0.1) is 5.82 Å². The third kappa shape index (κ3) is 4.44. The number of rotatable bonds is 5. The molecule has 0 aromatic heterocycles. The third-order valence-corrected chi connectivity index (χ3v) is 6.20. The van der Waals surface area contributed by atoms with E-state index in [0.29, 0.717) is 17.7 Å². The first-order valence-electron chi connectivity index (χ1n) is 8.38. The van der Waals surface area contributed by atoms with Crippen LogP contribution in [0.4, 0.5) is 4.39 Å². The Bertz CT molecular complexity index is 899. The Morgan fingerprint density at radius 2 is 2.15 bits per heavy atom. The Morgan fingerprint density at radius 3 is 2.81 bits per heavy atom. The minimum atomic E-state index is -3.19. The van der Waals surface area contributed by atoms with E-state index >= 15 is 0 Å². The molecule has 1 aromatic rings. The van der Waals surface area contributed by atoms with Gasteiger partial charge >= 0.3 is 5.97 Å². The fourth-order valence-corrected chi connectivity index (χ4v) is 4.75. The molecule has 146 valence electrons. The molecule has 0 N–H and O–H groups in total. The van der Waals surface area contributed by atoms with Crippen molar-refractivity contribution >= 4 is 27.4 Å². The summed E-state index contributed by atoms with van der Waals surface area (Å²) in [5.41, 5.74) is 0.395. The number of nitrogens with zero attached hydrogens (tertiary/aromatic N) is 2. The second kappa shape index (κ2) is 7.63. The van der Waals surface area contributed by atoms with Crippen LogP contribution in [0.25, 0.3) is 0 Å². The Morgan fingerprint density at radius 1 is 1.37 bits per heavy atom. The number of amides is 1. The lowest BCUT2D eigenvalue weighted by Crippen LogP contribution is -2.42. The summed E-state index contributed by atoms with van der Waals surface area (Å²) >= 11 is 0. The van der Waals surface area contributed by atoms with Gasteiger partial charge in [0.1, 0.15) is 23.9 Å². The van der Waals surface area contributed by atoms with Crippen molar-refractivity contribution in [1.82, 2.24) is 5.01 Å². The van der Waals surface area contributed by atoms with Crippen LogP contribution in [0.1, 0.15) is 24.8 Å². The molecule has 2 heterocycles. The summed E-state index contributed by atoms with van der Waals surface area (Å²) in [5.74, 6) is -1.33. The predicted molar refractivity (Wildman–Crippen MR) is 93.3 cm³/mol. The van der Waals surface area contributed by atoms with Crippen molar-refractivity contribution in [3.05, 3.63) is 29.6 Å². The molecule has 1 aromatic carbocycles. The predicted octanol–water partition coefficient (Wildman–Crippen LogP) is 1.04. The lowest BCUT2D eigenvalue weighted by atomic mass is 10.1. The van der Waals surface area contributed by atoms with Gasteiger partial charge < -0.3 is 9.47 Å². The van der Waals surface area contributed by atoms with Crippen LogP contribution in [-0.4, -0.2) is 55.7 Å². The molecule has 10 heteroatoms. The molecular weight excluding hydrogens is 379 g/mol. The number of halogens is 1. The summed E-state index contributed by atoms with van der Waals surface area (Å²) in [6.07, 6.45) is 0.447. The van der Waals surface area contributed by atoms with Gasteiger partial charge in [-0.2, -0.15) is 5.10 Å². The summed E-state index contributed by atoms with van der Waals surface area (Å²) in [6, 6.07) is 3.30. The zero-order valence-electron chi connectivity index (χ0n) is 14.7. The summed E-state index contributed by atoms with van der Waals surface area (Å²) in [6.45, 7) is -0.218. The summed E-state index contributed by atoms with van der Waals surface area (Å²) in [4.78, 5) is 24.4. The molecule has 0 bridgehead atoms. The van der Waals surface area contributed by atoms with E-state index in [2.05, 4.69) is 5.10 Å². The zero-order valence-corrected chi connectivity index (χ0v) is 15.5. The quantitative estimate of drug-likeness (QED) is 0.687. The summed E-state index contributed by atoms with van der Waals surface area (Å²) in [5, 5.41) is 5.13. The Labute approximate surface area is 155 Å². The summed E-state index contributed by atoms with van der Waals surface area (Å²) in [7, 11) is -1.77. The number of hydrogen-bond acceptors (Lipinski definition) is 7. The van der Waals surface area contributed by atoms with E-state index in [1.54, 1.807) is 0 Å². The molecule has 1 unspecified atom stereocenters. The topological polar surface area (TPSA) is 102 Å². The Balaban J connectivity index is 1.70. The second-order valence-corrected chi connectivity index (χ2v) is 8.60. The fourth-order valence-electron chi connectivity index (χ4n) is 3.06. The van der Waals surface area contributed by atoms with Gasteiger partial charge in [0, 0.05) is 18.4 Å². The molecule has 3 rings (SSSR count). The van der Waals surface area contributed by atoms with Gasteiger partial charge in [0.2, 0.25) is 5.91 Å². The van der Waals surface area contributed by atoms with Crippen LogP contribution in [-0.2, 0) is 30.8 Å². The maximum Gasteiger partial charge on any atom is 0.354 e. The third-order valence-electron chi connectivity index (χ3n) is 4.45. The van der Waals surface area contributed by atoms with Crippen molar-refractivity contribution < 1.29 is 31.9 Å². The van der Waals surface area contributed by atoms with Gasteiger partial charge in [0.15, 0.2) is 9.84 Å². The largest absolute Gasteiger partial charge is 0.496 e. The first-order valence-corrected chi connectivity index (χ1v) is 10.2. The number of esters is 1. The van der Waals surface area contributed by atoms with Crippen LogP contribution in [0.5, 0.6) is 5.75 Å². The highest BCUT2D eigenvalue weighted by atomic mass is 32.2. The van der Waals surface area contributed by atoms with Crippen LogP contribution < -0.4 is 4.74 Å². The molecule has 2 aliphatic heterocycles. The Kier molecular flexibility index (Phi) is 5.45. The smallest absolute Gasteiger partial charge is 0.354 e. The number of sulfone groups is 1. The molecule has 1 amide bonds. The van der Waals surface area contributed by atoms with E-state index < -0.39 is 27.7 Å². The minimum absolute atomic E-state index is 0.00386. The van der Waals surface area contributed by atoms with E-state index in [1.807, 2.05) is 0 Å². The van der Waals surface area contributed by atoms with Crippen LogP contribution in [0.15, 0.2) is 23.3 Å². The van der Waals surface area contributed by atoms with Gasteiger partial charge in [0.05, 0.1) is 24.7 Å². The normalized spacial score (nSPS) is 21.7. The van der Waals surface area contributed by atoms with Crippen molar-refractivity contribution in [1.29, 1.82) is 0 Å². The molecule has 2 aliphatic rings. The molecule has 0 saturated carbocycles. The maximum atomic E-state index is 13.4. The van der Waals surface area contributed by atoms with Gasteiger partial charge in [-0.15, -0.1) is 0 Å². The van der Waals surface area contributed by atoms with Crippen molar-refractivity contribution in [2.24, 2.45) is 5.10 Å². The van der Waals surface area contributed by atoms with Gasteiger partial charge in [-0.25, -0.2) is 22.6 Å². The molecule has 27 heavy (non-hydrogen) atoms. The van der Waals surface area contributed by atoms with E-state index in [1.165, 1.54) is 25.3 Å². The van der Waals surface area contributed by atoms with Crippen molar-refractivity contribution in [2.75, 3.05) is 18.6 Å². The fraction of sp³-hybridized carbons (Fsp3) is 0.471. The molecule has 1 fully saturated rings. The zero-order chi connectivity index (χ0) is 19.6. The number of methoxy groups -OCH3 is 1. The number of benzene rings is 1. The van der Waals surface area contributed by atoms with E-state index in [9.17, 15) is 22.4 Å². The van der Waals surface area contributed by atoms with E-state index in [0.717, 1.165) is 5.01 Å². The molecule has 1 saturated heterocycles. The van der Waals surface area contributed by atoms with Gasteiger partial charge in [-0.1, -0.05) is 0 Å². The molecule has 1 atom stereocenters. The molecule has 8 nitrogen and oxygen atoms in total. The number of hydrazone groups is 1. The van der Waals surface area contributed by atoms with Crippen LogP contribution in [0.3, 0.4) is 0 Å². The van der Waals surface area contributed by atoms with Crippen LogP contribution >= 0.6 is 0 Å². The molecular formula is C17H19FN2O6S. The average Bonchev–Trinajstić information content (AvgIpc) is 2.99. The lowest BCUT2D eigenvalue weighted by molar-refractivity contribution is -0.138. The van der Waals surface area contributed by atoms with Crippen molar-refractivity contribution in [2.45, 2.75) is 31.9 Å². The lowest BCUT2D eigenvalue weighted by Gasteiger charge is -2.27. The standard InChI is InChI=1S/C17H19FN2O6S/c1-25-15-4-2-12(18)8-11(15)9-26-17(22)14-3-5-16(21)20(19-14)13-6-7-27(23,24)10-13/h2,4,8,13H,3,5-7,9-10H2,1H3. The average molecular weight is 398 g/mol. The Hall–Kier alpha value is -2.49. The maximum absolute atomic E-state index is 13.4. The first-order chi connectivity index (χ1) is 12.8. The monoisotopic (exact) mass is 398 g/mol. The number of ether oxygens (including phenoxy) is 2. The van der Waals surface area contributed by atoms with Crippen molar-refractivity contribution in [3.8, 4) is 5.75 Å². The highest BCUT2D eigenvalue weighted by Crippen LogP contribution is 2.23. The summed E-state index contributed by atoms with van der Waals surface area (Å²) < 4.78 is 46.9. The molecule has 0 spiro atoms. The second-order valence-electron chi connectivity index (χ2n) is 6.37. The van der Waals surface area contributed by atoms with Crippen LogP contribution in [0.2, 0.25) is 0 Å². The minimum Gasteiger partial charge on any atom is -0.496 e. The number of carbonyl (C=O) groups is 2. The number of hydrogen-bond donors (Lipinski definition) is 0. The number of carbonyl (C=O) groups excluding carboxylic acids is 2. The van der Waals surface area contributed by atoms with Gasteiger partial charge in [0.25, 0.3) is 0 Å². The molecule has 0 aliphatic carbocycles. The SMILES string of the molecule is COc1ccc(F)cc1COC(=O)C1=NN(C2CCS(=O)(=O)C2)C(=O)CC1. The van der Waals surface area contributed by atoms with Crippen molar-refractivity contribution in [3.63, 3.8) is 0 Å². The first kappa shape index (κ1) is 19.3. The molecule has 0 radical (unpaired) electrons. The van der Waals surface area contributed by atoms with E-state index in [4.69, 9.17) is 9.47 Å². The highest BCUT2D eigenvalue weighted by Gasteiger charge is 2.37. The van der Waals surface area contributed by atoms with Gasteiger partial charge in [-0.05, 0) is 24.6 Å². The highest BCUT2D eigenvalue weighted by molar-refractivity contribution is 7.91.